The molecule has 0 saturated carbocycles. The zero-order valence-corrected chi connectivity index (χ0v) is 10.5. The van der Waals surface area contributed by atoms with Gasteiger partial charge in [-0.25, -0.2) is 0 Å². The molecule has 0 fully saturated rings. The number of furan rings is 1. The van der Waals surface area contributed by atoms with Crippen molar-refractivity contribution in [1.82, 2.24) is 10.7 Å². The van der Waals surface area contributed by atoms with E-state index in [0.29, 0.717) is 11.7 Å². The Morgan fingerprint density at radius 1 is 1.22 bits per heavy atom. The quantitative estimate of drug-likeness (QED) is 0.502. The second kappa shape index (κ2) is 6.56. The molecule has 0 spiro atoms. The summed E-state index contributed by atoms with van der Waals surface area (Å²) in [5, 5.41) is 7.47. The molecule has 0 saturated heterocycles. The van der Waals surface area contributed by atoms with Gasteiger partial charge in [-0.2, -0.15) is 5.10 Å². The molecule has 0 atom stereocenters. The van der Waals surface area contributed by atoms with Gasteiger partial charge < -0.3 is 9.73 Å². The highest BCUT2D eigenvalue weighted by molar-refractivity contribution is 7.80. The van der Waals surface area contributed by atoms with E-state index < -0.39 is 0 Å². The Hall–Kier alpha value is -2.14. The summed E-state index contributed by atoms with van der Waals surface area (Å²) in [5.41, 5.74) is 3.75. The first-order valence-corrected chi connectivity index (χ1v) is 5.90. The Morgan fingerprint density at radius 3 is 2.78 bits per heavy atom. The summed E-state index contributed by atoms with van der Waals surface area (Å²) in [6, 6.07) is 13.5. The monoisotopic (exact) mass is 259 g/mol. The molecule has 0 amide bonds. The van der Waals surface area contributed by atoms with Gasteiger partial charge in [0.15, 0.2) is 5.11 Å². The number of thiocarbonyl (C=S) groups is 1. The van der Waals surface area contributed by atoms with Crippen LogP contribution in [0.2, 0.25) is 0 Å². The molecule has 0 bridgehead atoms. The second-order valence-electron chi connectivity index (χ2n) is 3.54. The van der Waals surface area contributed by atoms with Crippen molar-refractivity contribution >= 4 is 23.5 Å². The zero-order chi connectivity index (χ0) is 12.6. The van der Waals surface area contributed by atoms with E-state index in [1.54, 1.807) is 12.5 Å². The second-order valence-corrected chi connectivity index (χ2v) is 3.95. The van der Waals surface area contributed by atoms with Crippen molar-refractivity contribution in [2.45, 2.75) is 6.54 Å². The van der Waals surface area contributed by atoms with Gasteiger partial charge in [-0.05, 0) is 29.9 Å². The molecule has 2 N–H and O–H groups in total. The summed E-state index contributed by atoms with van der Waals surface area (Å²) in [6.45, 7) is 0.541. The molecule has 4 nitrogen and oxygen atoms in total. The summed E-state index contributed by atoms with van der Waals surface area (Å²) in [5.74, 6) is 0.825. The summed E-state index contributed by atoms with van der Waals surface area (Å²) in [7, 11) is 0. The summed E-state index contributed by atoms with van der Waals surface area (Å²) < 4.78 is 5.17. The topological polar surface area (TPSA) is 49.6 Å². The van der Waals surface area contributed by atoms with Crippen molar-refractivity contribution in [3.63, 3.8) is 0 Å². The lowest BCUT2D eigenvalue weighted by atomic mass is 10.2. The first-order valence-electron chi connectivity index (χ1n) is 5.49. The predicted octanol–water partition coefficient (Wildman–Crippen LogP) is 2.28. The van der Waals surface area contributed by atoms with Crippen molar-refractivity contribution in [3.8, 4) is 0 Å². The number of rotatable bonds is 4. The maximum absolute atomic E-state index is 5.17. The third-order valence-electron chi connectivity index (χ3n) is 2.18. The van der Waals surface area contributed by atoms with Crippen LogP contribution in [-0.4, -0.2) is 11.3 Å². The van der Waals surface area contributed by atoms with Crippen molar-refractivity contribution in [3.05, 3.63) is 60.1 Å². The Bertz CT molecular complexity index is 508. The number of hydrogen-bond donors (Lipinski definition) is 2. The van der Waals surface area contributed by atoms with Crippen molar-refractivity contribution in [2.75, 3.05) is 0 Å². The molecule has 1 aromatic heterocycles. The normalized spacial score (nSPS) is 10.4. The fraction of sp³-hybridized carbons (Fsp3) is 0.0769. The highest BCUT2D eigenvalue weighted by Gasteiger charge is 1.96. The van der Waals surface area contributed by atoms with Crippen LogP contribution in [-0.2, 0) is 6.54 Å². The van der Waals surface area contributed by atoms with Crippen molar-refractivity contribution < 1.29 is 4.42 Å². The van der Waals surface area contributed by atoms with E-state index in [9.17, 15) is 0 Å². The fourth-order valence-corrected chi connectivity index (χ4v) is 1.45. The number of benzene rings is 1. The van der Waals surface area contributed by atoms with Crippen LogP contribution in [0.15, 0.2) is 58.2 Å². The molecular formula is C13H13N3OS. The Labute approximate surface area is 111 Å². The molecule has 1 heterocycles. The number of hydrazone groups is 1. The first kappa shape index (κ1) is 12.3. The minimum absolute atomic E-state index is 0.457. The fourth-order valence-electron chi connectivity index (χ4n) is 1.32. The molecule has 0 aliphatic heterocycles. The number of hydrogen-bond acceptors (Lipinski definition) is 3. The smallest absolute Gasteiger partial charge is 0.187 e. The molecule has 0 unspecified atom stereocenters. The van der Waals surface area contributed by atoms with Crippen LogP contribution in [0.4, 0.5) is 0 Å². The Balaban J connectivity index is 1.73. The SMILES string of the molecule is S=C(NCc1ccco1)N/N=C\c1ccccc1. The largest absolute Gasteiger partial charge is 0.467 e. The van der Waals surface area contributed by atoms with E-state index in [2.05, 4.69) is 15.8 Å². The van der Waals surface area contributed by atoms with E-state index >= 15 is 0 Å². The molecule has 2 aromatic rings. The predicted molar refractivity (Wildman–Crippen MR) is 75.3 cm³/mol. The molecule has 18 heavy (non-hydrogen) atoms. The molecular weight excluding hydrogens is 246 g/mol. The van der Waals surface area contributed by atoms with Gasteiger partial charge in [0.1, 0.15) is 5.76 Å². The molecule has 2 rings (SSSR count). The lowest BCUT2D eigenvalue weighted by molar-refractivity contribution is 0.502. The molecule has 5 heteroatoms. The van der Waals surface area contributed by atoms with E-state index in [1.165, 1.54) is 0 Å². The molecule has 0 radical (unpaired) electrons. The Kier molecular flexibility index (Phi) is 4.49. The van der Waals surface area contributed by atoms with Crippen LogP contribution < -0.4 is 10.7 Å². The highest BCUT2D eigenvalue weighted by atomic mass is 32.1. The van der Waals surface area contributed by atoms with Crippen molar-refractivity contribution in [2.24, 2.45) is 5.10 Å². The van der Waals surface area contributed by atoms with Crippen LogP contribution in [0, 0.1) is 0 Å². The van der Waals surface area contributed by atoms with Gasteiger partial charge in [0.2, 0.25) is 0 Å². The molecule has 1 aromatic carbocycles. The van der Waals surface area contributed by atoms with E-state index in [0.717, 1.165) is 11.3 Å². The van der Waals surface area contributed by atoms with E-state index in [-0.39, 0.29) is 0 Å². The van der Waals surface area contributed by atoms with Gasteiger partial charge >= 0.3 is 0 Å². The average molecular weight is 259 g/mol. The third kappa shape index (κ3) is 4.03. The van der Waals surface area contributed by atoms with Gasteiger partial charge in [-0.1, -0.05) is 30.3 Å². The number of nitrogens with one attached hydrogen (secondary N) is 2. The molecule has 0 aliphatic rings. The maximum Gasteiger partial charge on any atom is 0.187 e. The van der Waals surface area contributed by atoms with Gasteiger partial charge in [0, 0.05) is 0 Å². The van der Waals surface area contributed by atoms with Gasteiger partial charge in [-0.3, -0.25) is 5.43 Å². The van der Waals surface area contributed by atoms with Gasteiger partial charge in [0.05, 0.1) is 19.0 Å². The molecule has 0 aliphatic carbocycles. The van der Waals surface area contributed by atoms with Crippen molar-refractivity contribution in [1.29, 1.82) is 0 Å². The van der Waals surface area contributed by atoms with Gasteiger partial charge in [-0.15, -0.1) is 0 Å². The van der Waals surface area contributed by atoms with Crippen LogP contribution in [0.1, 0.15) is 11.3 Å². The lowest BCUT2D eigenvalue weighted by Gasteiger charge is -2.04. The lowest BCUT2D eigenvalue weighted by Crippen LogP contribution is -2.31. The summed E-state index contributed by atoms with van der Waals surface area (Å²) >= 11 is 5.06. The first-order chi connectivity index (χ1) is 8.84. The van der Waals surface area contributed by atoms with Crippen LogP contribution in [0.5, 0.6) is 0 Å². The minimum atomic E-state index is 0.457. The molecule has 92 valence electrons. The van der Waals surface area contributed by atoms with Gasteiger partial charge in [0.25, 0.3) is 0 Å². The van der Waals surface area contributed by atoms with E-state index in [1.807, 2.05) is 42.5 Å². The Morgan fingerprint density at radius 2 is 2.06 bits per heavy atom. The van der Waals surface area contributed by atoms with Crippen LogP contribution in [0.25, 0.3) is 0 Å². The van der Waals surface area contributed by atoms with Crippen LogP contribution >= 0.6 is 12.2 Å². The summed E-state index contributed by atoms with van der Waals surface area (Å²) in [4.78, 5) is 0. The highest BCUT2D eigenvalue weighted by Crippen LogP contribution is 1.98. The maximum atomic E-state index is 5.17. The van der Waals surface area contributed by atoms with Crippen LogP contribution in [0.3, 0.4) is 0 Å². The minimum Gasteiger partial charge on any atom is -0.467 e. The zero-order valence-electron chi connectivity index (χ0n) is 9.67. The summed E-state index contributed by atoms with van der Waals surface area (Å²) in [6.07, 6.45) is 3.34. The standard InChI is InChI=1S/C13H13N3OS/c18-13(14-10-12-7-4-8-17-12)16-15-9-11-5-2-1-3-6-11/h1-9H,10H2,(H2,14,16,18)/b15-9-. The number of nitrogens with zero attached hydrogens (tertiary/aromatic N) is 1. The average Bonchev–Trinajstić information content (AvgIpc) is 2.91. The third-order valence-corrected chi connectivity index (χ3v) is 2.42. The van der Waals surface area contributed by atoms with E-state index in [4.69, 9.17) is 16.6 Å².